The molecule has 0 nitrogen and oxygen atoms in total. The van der Waals surface area contributed by atoms with Gasteiger partial charge in [-0.15, -0.1) is 11.8 Å². The summed E-state index contributed by atoms with van der Waals surface area (Å²) in [6, 6.07) is 0. The van der Waals surface area contributed by atoms with Crippen LogP contribution < -0.4 is 0 Å². The van der Waals surface area contributed by atoms with Gasteiger partial charge in [-0.25, -0.2) is 0 Å². The number of hydrogen-bond acceptors (Lipinski definition) is 1. The summed E-state index contributed by atoms with van der Waals surface area (Å²) in [6.07, 6.45) is 4.42. The minimum absolute atomic E-state index is 0.443. The van der Waals surface area contributed by atoms with Crippen molar-refractivity contribution in [1.29, 1.82) is 0 Å². The van der Waals surface area contributed by atoms with Crippen LogP contribution in [0.4, 0.5) is 0 Å². The highest BCUT2D eigenvalue weighted by Crippen LogP contribution is 2.29. The first-order valence-corrected chi connectivity index (χ1v) is 5.25. The zero-order valence-corrected chi connectivity index (χ0v) is 8.17. The Kier molecular flexibility index (Phi) is 2.93. The van der Waals surface area contributed by atoms with Crippen LogP contribution in [-0.2, 0) is 0 Å². The monoisotopic (exact) mass is 256 g/mol. The summed E-state index contributed by atoms with van der Waals surface area (Å²) in [5.41, 5.74) is 0. The van der Waals surface area contributed by atoms with Gasteiger partial charge in [0, 0.05) is 11.0 Å². The summed E-state index contributed by atoms with van der Waals surface area (Å²) in [4.78, 5) is 0. The van der Waals surface area contributed by atoms with Gasteiger partial charge in [0.1, 0.15) is 0 Å². The van der Waals surface area contributed by atoms with Gasteiger partial charge in [0.2, 0.25) is 0 Å². The van der Waals surface area contributed by atoms with E-state index in [1.54, 1.807) is 0 Å². The molecular weight excluding hydrogens is 252 g/mol. The average Bonchev–Trinajstić information content (AvgIpc) is 2.12. The van der Waals surface area contributed by atoms with Crippen molar-refractivity contribution in [2.75, 3.05) is 5.75 Å². The molecule has 0 aliphatic carbocycles. The van der Waals surface area contributed by atoms with Gasteiger partial charge in [0.05, 0.1) is 3.74 Å². The van der Waals surface area contributed by atoms with Gasteiger partial charge in [-0.3, -0.25) is 0 Å². The molecule has 0 saturated carbocycles. The topological polar surface area (TPSA) is 0 Å². The van der Waals surface area contributed by atoms with E-state index < -0.39 is 0 Å². The van der Waals surface area contributed by atoms with Crippen LogP contribution in [-0.4, -0.2) is 14.7 Å². The second-order valence-corrected chi connectivity index (χ2v) is 5.97. The molecule has 8 heavy (non-hydrogen) atoms. The summed E-state index contributed by atoms with van der Waals surface area (Å²) in [5, 5.41) is 0.634. The van der Waals surface area contributed by atoms with E-state index >= 15 is 0 Å². The van der Waals surface area contributed by atoms with Crippen LogP contribution in [0.2, 0.25) is 0 Å². The number of alkyl halides is 2. The molecule has 0 amide bonds. The predicted octanol–water partition coefficient (Wildman–Crippen LogP) is 2.77. The van der Waals surface area contributed by atoms with Crippen molar-refractivity contribution in [3.05, 3.63) is 12.2 Å². The van der Waals surface area contributed by atoms with Crippen LogP contribution in [0.15, 0.2) is 12.2 Å². The molecule has 1 heterocycles. The zero-order valence-electron chi connectivity index (χ0n) is 4.18. The largest absolute Gasteiger partial charge is 0.148 e. The smallest absolute Gasteiger partial charge is 0.0851 e. The number of hydrogen-bond donors (Lipinski definition) is 0. The van der Waals surface area contributed by atoms with Gasteiger partial charge in [-0.05, 0) is 0 Å². The lowest BCUT2D eigenvalue weighted by Gasteiger charge is -2.05. The van der Waals surface area contributed by atoms with Crippen molar-refractivity contribution in [2.45, 2.75) is 8.99 Å². The highest BCUT2D eigenvalue weighted by atomic mass is 79.9. The van der Waals surface area contributed by atoms with Gasteiger partial charge < -0.3 is 0 Å². The maximum absolute atomic E-state index is 3.45. The van der Waals surface area contributed by atoms with Crippen LogP contribution in [0.3, 0.4) is 0 Å². The van der Waals surface area contributed by atoms with Crippen molar-refractivity contribution in [3.8, 4) is 0 Å². The zero-order chi connectivity index (χ0) is 5.98. The van der Waals surface area contributed by atoms with Gasteiger partial charge in [-0.2, -0.15) is 0 Å². The van der Waals surface area contributed by atoms with Crippen molar-refractivity contribution < 1.29 is 0 Å². The van der Waals surface area contributed by atoms with Crippen LogP contribution in [0.5, 0.6) is 0 Å². The fourth-order valence-corrected chi connectivity index (χ4v) is 2.65. The van der Waals surface area contributed by atoms with E-state index in [4.69, 9.17) is 0 Å². The standard InChI is InChI=1S/C5H6Br2S/c6-5(7)4-2-1-3-8-4/h1-2,4-5H,3H2. The second kappa shape index (κ2) is 3.28. The van der Waals surface area contributed by atoms with Crippen molar-refractivity contribution in [1.82, 2.24) is 0 Å². The first-order valence-electron chi connectivity index (χ1n) is 2.37. The van der Waals surface area contributed by atoms with Gasteiger partial charge in [-0.1, -0.05) is 44.0 Å². The highest BCUT2D eigenvalue weighted by Gasteiger charge is 2.15. The molecule has 1 rings (SSSR count). The Labute approximate surface area is 70.4 Å². The third-order valence-corrected chi connectivity index (χ3v) is 4.00. The number of thioether (sulfide) groups is 1. The quantitative estimate of drug-likeness (QED) is 0.514. The van der Waals surface area contributed by atoms with E-state index in [1.807, 2.05) is 11.8 Å². The molecule has 0 aromatic heterocycles. The summed E-state index contributed by atoms with van der Waals surface area (Å²) >= 11 is 8.84. The fourth-order valence-electron chi connectivity index (χ4n) is 0.569. The third-order valence-electron chi connectivity index (χ3n) is 0.959. The molecule has 3 heteroatoms. The summed E-state index contributed by atoms with van der Waals surface area (Å²) in [5.74, 6) is 1.17. The van der Waals surface area contributed by atoms with Crippen LogP contribution in [0.25, 0.3) is 0 Å². The highest BCUT2D eigenvalue weighted by molar-refractivity contribution is 9.24. The third kappa shape index (κ3) is 1.78. The first-order chi connectivity index (χ1) is 3.80. The number of halogens is 2. The maximum Gasteiger partial charge on any atom is 0.0851 e. The molecule has 46 valence electrons. The molecule has 0 bridgehead atoms. The minimum Gasteiger partial charge on any atom is -0.148 e. The van der Waals surface area contributed by atoms with E-state index in [1.165, 1.54) is 5.75 Å². The first kappa shape index (κ1) is 7.16. The lowest BCUT2D eigenvalue weighted by Crippen LogP contribution is -2.03. The normalized spacial score (nSPS) is 27.6. The minimum atomic E-state index is 0.443. The van der Waals surface area contributed by atoms with E-state index in [2.05, 4.69) is 44.0 Å². The molecule has 1 aliphatic heterocycles. The lowest BCUT2D eigenvalue weighted by atomic mass is 10.4. The molecule has 0 N–H and O–H groups in total. The maximum atomic E-state index is 3.45. The Balaban J connectivity index is 2.36. The SMILES string of the molecule is BrC(Br)C1C=CCS1. The van der Waals surface area contributed by atoms with Gasteiger partial charge >= 0.3 is 0 Å². The summed E-state index contributed by atoms with van der Waals surface area (Å²) in [6.45, 7) is 0. The van der Waals surface area contributed by atoms with Crippen LogP contribution in [0.1, 0.15) is 0 Å². The van der Waals surface area contributed by atoms with Crippen LogP contribution >= 0.6 is 43.6 Å². The average molecular weight is 258 g/mol. The van der Waals surface area contributed by atoms with Crippen molar-refractivity contribution in [3.63, 3.8) is 0 Å². The number of rotatable bonds is 1. The lowest BCUT2D eigenvalue weighted by molar-refractivity contribution is 1.26. The summed E-state index contributed by atoms with van der Waals surface area (Å²) in [7, 11) is 0. The van der Waals surface area contributed by atoms with Gasteiger partial charge in [0.25, 0.3) is 0 Å². The molecule has 0 aromatic carbocycles. The predicted molar refractivity (Wildman–Crippen MR) is 47.0 cm³/mol. The van der Waals surface area contributed by atoms with Crippen LogP contribution in [0, 0.1) is 0 Å². The molecule has 0 fully saturated rings. The van der Waals surface area contributed by atoms with Crippen molar-refractivity contribution >= 4 is 43.6 Å². The molecule has 1 unspecified atom stereocenters. The molecule has 1 aliphatic rings. The summed E-state index contributed by atoms with van der Waals surface area (Å²) < 4.78 is 0.443. The second-order valence-electron chi connectivity index (χ2n) is 1.56. The molecule has 0 radical (unpaired) electrons. The molecule has 0 saturated heterocycles. The Hall–Kier alpha value is 1.05. The molecule has 0 aromatic rings. The van der Waals surface area contributed by atoms with E-state index in [9.17, 15) is 0 Å². The molecular formula is C5H6Br2S. The van der Waals surface area contributed by atoms with E-state index in [0.717, 1.165) is 0 Å². The Morgan fingerprint density at radius 3 is 2.62 bits per heavy atom. The Morgan fingerprint density at radius 2 is 2.38 bits per heavy atom. The van der Waals surface area contributed by atoms with E-state index in [0.29, 0.717) is 8.99 Å². The fraction of sp³-hybridized carbons (Fsp3) is 0.600. The molecule has 1 atom stereocenters. The van der Waals surface area contributed by atoms with Gasteiger partial charge in [0.15, 0.2) is 0 Å². The van der Waals surface area contributed by atoms with Crippen molar-refractivity contribution in [2.24, 2.45) is 0 Å². The Bertz CT molecular complexity index is 101. The molecule has 0 spiro atoms. The van der Waals surface area contributed by atoms with E-state index in [-0.39, 0.29) is 0 Å². The Morgan fingerprint density at radius 1 is 1.62 bits per heavy atom.